The molecule has 0 unspecified atom stereocenters. The molecule has 0 aliphatic carbocycles. The van der Waals surface area contributed by atoms with Gasteiger partial charge in [-0.05, 0) is 34.4 Å². The first kappa shape index (κ1) is 18.0. The topological polar surface area (TPSA) is 0 Å². The smallest absolute Gasteiger partial charge is 0.0722 e. The van der Waals surface area contributed by atoms with Gasteiger partial charge in [-0.2, -0.15) is 0 Å². The average molecular weight is 385 g/mol. The van der Waals surface area contributed by atoms with E-state index in [0.29, 0.717) is 0 Å². The third-order valence-corrected chi connectivity index (χ3v) is 5.81. The fourth-order valence-electron chi connectivity index (χ4n) is 3.89. The van der Waals surface area contributed by atoms with E-state index in [9.17, 15) is 0 Å². The first-order valence-electron chi connectivity index (χ1n) is 8.92. The van der Waals surface area contributed by atoms with Gasteiger partial charge in [0.05, 0.1) is 5.41 Å². The van der Waals surface area contributed by atoms with Crippen molar-refractivity contribution in [2.75, 3.05) is 0 Å². The van der Waals surface area contributed by atoms with E-state index in [0.717, 1.165) is 20.9 Å². The molecule has 0 aliphatic rings. The Bertz CT molecular complexity index is 953. The van der Waals surface area contributed by atoms with Crippen LogP contribution in [0.1, 0.15) is 22.3 Å². The van der Waals surface area contributed by atoms with Gasteiger partial charge in [-0.1, -0.05) is 97.1 Å². The highest BCUT2D eigenvalue weighted by molar-refractivity contribution is 7.80. The van der Waals surface area contributed by atoms with Crippen LogP contribution in [0.15, 0.2) is 119 Å². The minimum Gasteiger partial charge on any atom is -0.143 e. The van der Waals surface area contributed by atoms with E-state index in [2.05, 4.69) is 97.1 Å². The summed E-state index contributed by atoms with van der Waals surface area (Å²) in [5.41, 5.74) is 4.18. The molecule has 0 N–H and O–H groups in total. The molecule has 0 saturated heterocycles. The van der Waals surface area contributed by atoms with Crippen molar-refractivity contribution >= 4 is 25.3 Å². The maximum Gasteiger partial charge on any atom is 0.0722 e. The molecule has 0 amide bonds. The van der Waals surface area contributed by atoms with E-state index < -0.39 is 5.41 Å². The molecule has 0 spiro atoms. The monoisotopic (exact) mass is 384 g/mol. The lowest BCUT2D eigenvalue weighted by molar-refractivity contribution is 0.712. The molecule has 0 radical (unpaired) electrons. The fourth-order valence-corrected chi connectivity index (χ4v) is 4.55. The molecule has 132 valence electrons. The highest BCUT2D eigenvalue weighted by Crippen LogP contribution is 2.48. The van der Waals surface area contributed by atoms with Gasteiger partial charge >= 0.3 is 0 Å². The number of thiol groups is 2. The van der Waals surface area contributed by atoms with E-state index in [-0.39, 0.29) is 0 Å². The van der Waals surface area contributed by atoms with Gasteiger partial charge in [-0.25, -0.2) is 0 Å². The Morgan fingerprint density at radius 2 is 0.741 bits per heavy atom. The van der Waals surface area contributed by atoms with Crippen LogP contribution in [-0.4, -0.2) is 0 Å². The fraction of sp³-hybridized carbons (Fsp3) is 0.0400. The quantitative estimate of drug-likeness (QED) is 0.286. The summed E-state index contributed by atoms with van der Waals surface area (Å²) in [4.78, 5) is 1.92. The lowest BCUT2D eigenvalue weighted by Gasteiger charge is -2.38. The summed E-state index contributed by atoms with van der Waals surface area (Å²) in [5, 5.41) is 0. The number of rotatable bonds is 4. The Balaban J connectivity index is 2.20. The Morgan fingerprint density at radius 3 is 1.11 bits per heavy atom. The van der Waals surface area contributed by atoms with Crippen molar-refractivity contribution in [1.82, 2.24) is 0 Å². The van der Waals surface area contributed by atoms with Gasteiger partial charge in [0.2, 0.25) is 0 Å². The maximum absolute atomic E-state index is 4.85. The molecule has 0 nitrogen and oxygen atoms in total. The second-order valence-corrected chi connectivity index (χ2v) is 7.48. The van der Waals surface area contributed by atoms with Gasteiger partial charge in [0, 0.05) is 9.79 Å². The predicted molar refractivity (Wildman–Crippen MR) is 119 cm³/mol. The molecule has 2 heteroatoms. The van der Waals surface area contributed by atoms with Gasteiger partial charge in [-0.3, -0.25) is 0 Å². The van der Waals surface area contributed by atoms with Crippen molar-refractivity contribution in [2.45, 2.75) is 15.2 Å². The van der Waals surface area contributed by atoms with E-state index in [1.54, 1.807) is 0 Å². The molecule has 0 atom stereocenters. The van der Waals surface area contributed by atoms with Crippen molar-refractivity contribution in [3.05, 3.63) is 131 Å². The highest BCUT2D eigenvalue weighted by atomic mass is 32.1. The molecule has 0 aliphatic heterocycles. The number of hydrogen-bond acceptors (Lipinski definition) is 2. The molecule has 0 fully saturated rings. The summed E-state index contributed by atoms with van der Waals surface area (Å²) in [7, 11) is 0. The summed E-state index contributed by atoms with van der Waals surface area (Å²) >= 11 is 9.70. The summed E-state index contributed by atoms with van der Waals surface area (Å²) in [5.74, 6) is 0. The summed E-state index contributed by atoms with van der Waals surface area (Å²) in [6.45, 7) is 0. The van der Waals surface area contributed by atoms with Crippen LogP contribution in [0.5, 0.6) is 0 Å². The van der Waals surface area contributed by atoms with Crippen LogP contribution in [0.2, 0.25) is 0 Å². The van der Waals surface area contributed by atoms with Crippen molar-refractivity contribution < 1.29 is 0 Å². The van der Waals surface area contributed by atoms with Crippen LogP contribution in [0.25, 0.3) is 0 Å². The van der Waals surface area contributed by atoms with Crippen molar-refractivity contribution in [2.24, 2.45) is 0 Å². The molecule has 27 heavy (non-hydrogen) atoms. The Labute approximate surface area is 171 Å². The van der Waals surface area contributed by atoms with E-state index >= 15 is 0 Å². The Hall–Kier alpha value is -2.42. The van der Waals surface area contributed by atoms with Crippen LogP contribution in [0, 0.1) is 0 Å². The standard InChI is InChI=1S/C25H20S2/c26-23-17-9-7-15-21(23)25(19-11-3-1-4-12-19,20-13-5-2-6-14-20)22-16-8-10-18-24(22)27/h1-18,26-27H. The second kappa shape index (κ2) is 7.67. The van der Waals surface area contributed by atoms with Crippen molar-refractivity contribution in [3.63, 3.8) is 0 Å². The van der Waals surface area contributed by atoms with Gasteiger partial charge in [-0.15, -0.1) is 25.3 Å². The van der Waals surface area contributed by atoms with Crippen LogP contribution in [0.3, 0.4) is 0 Å². The van der Waals surface area contributed by atoms with Crippen LogP contribution in [-0.2, 0) is 5.41 Å². The normalized spacial score (nSPS) is 11.3. The Kier molecular flexibility index (Phi) is 5.11. The van der Waals surface area contributed by atoms with Crippen LogP contribution < -0.4 is 0 Å². The summed E-state index contributed by atoms with van der Waals surface area (Å²) < 4.78 is 0. The van der Waals surface area contributed by atoms with Crippen molar-refractivity contribution in [3.8, 4) is 0 Å². The zero-order valence-electron chi connectivity index (χ0n) is 14.8. The number of hydrogen-bond donors (Lipinski definition) is 2. The first-order valence-corrected chi connectivity index (χ1v) is 9.82. The highest BCUT2D eigenvalue weighted by Gasteiger charge is 2.40. The van der Waals surface area contributed by atoms with Crippen molar-refractivity contribution in [1.29, 1.82) is 0 Å². The van der Waals surface area contributed by atoms with E-state index in [1.165, 1.54) is 11.1 Å². The first-order chi connectivity index (χ1) is 13.2. The third-order valence-electron chi connectivity index (χ3n) is 5.03. The minimum absolute atomic E-state index is 0.501. The molecule has 0 aromatic heterocycles. The van der Waals surface area contributed by atoms with E-state index in [4.69, 9.17) is 25.3 Å². The third kappa shape index (κ3) is 3.09. The SMILES string of the molecule is Sc1ccccc1C(c1ccccc1)(c1ccccc1)c1ccccc1S. The average Bonchev–Trinajstić information content (AvgIpc) is 2.73. The molecule has 0 heterocycles. The molecule has 4 rings (SSSR count). The molecule has 0 saturated carbocycles. The largest absolute Gasteiger partial charge is 0.143 e. The lowest BCUT2D eigenvalue weighted by atomic mass is 9.65. The van der Waals surface area contributed by atoms with Crippen LogP contribution >= 0.6 is 25.3 Å². The minimum atomic E-state index is -0.501. The summed E-state index contributed by atoms with van der Waals surface area (Å²) in [6, 6.07) is 37.9. The summed E-state index contributed by atoms with van der Waals surface area (Å²) in [6.07, 6.45) is 0. The van der Waals surface area contributed by atoms with Gasteiger partial charge in [0.25, 0.3) is 0 Å². The molecular weight excluding hydrogens is 364 g/mol. The van der Waals surface area contributed by atoms with E-state index in [1.807, 2.05) is 12.1 Å². The molecule has 4 aromatic carbocycles. The van der Waals surface area contributed by atoms with Gasteiger partial charge < -0.3 is 0 Å². The van der Waals surface area contributed by atoms with Crippen LogP contribution in [0.4, 0.5) is 0 Å². The molecule has 4 aromatic rings. The number of benzene rings is 4. The molecular formula is C25H20S2. The molecule has 0 bridgehead atoms. The maximum atomic E-state index is 4.85. The van der Waals surface area contributed by atoms with Gasteiger partial charge in [0.15, 0.2) is 0 Å². The zero-order chi connectivity index (χ0) is 18.7. The Morgan fingerprint density at radius 1 is 0.407 bits per heavy atom. The predicted octanol–water partition coefficient (Wildman–Crippen LogP) is 6.65. The van der Waals surface area contributed by atoms with Gasteiger partial charge in [0.1, 0.15) is 0 Å². The second-order valence-electron chi connectivity index (χ2n) is 6.52. The lowest BCUT2D eigenvalue weighted by Crippen LogP contribution is -2.32. The zero-order valence-corrected chi connectivity index (χ0v) is 16.6.